The van der Waals surface area contributed by atoms with E-state index in [9.17, 15) is 0 Å². The minimum Gasteiger partial charge on any atom is -0.490 e. The van der Waals surface area contributed by atoms with Crippen LogP contribution in [-0.2, 0) is 6.54 Å². The Morgan fingerprint density at radius 2 is 2.00 bits per heavy atom. The van der Waals surface area contributed by atoms with Crippen LogP contribution in [0.4, 0.5) is 0 Å². The SMILES string of the molecule is CCCOc1ccccc1Oc1cc(CN)c(Cl)cn1. The zero-order valence-corrected chi connectivity index (χ0v) is 12.1. The number of hydrogen-bond donors (Lipinski definition) is 1. The molecule has 4 nitrogen and oxygen atoms in total. The molecule has 20 heavy (non-hydrogen) atoms. The number of benzene rings is 1. The fraction of sp³-hybridized carbons (Fsp3) is 0.267. The van der Waals surface area contributed by atoms with Crippen LogP contribution >= 0.6 is 11.6 Å². The van der Waals surface area contributed by atoms with Gasteiger partial charge in [-0.05, 0) is 24.1 Å². The smallest absolute Gasteiger partial charge is 0.219 e. The number of ether oxygens (including phenoxy) is 2. The fourth-order valence-electron chi connectivity index (χ4n) is 1.65. The first-order valence-electron chi connectivity index (χ1n) is 6.48. The molecule has 0 aliphatic heterocycles. The fourth-order valence-corrected chi connectivity index (χ4v) is 1.83. The molecule has 2 aromatic rings. The summed E-state index contributed by atoms with van der Waals surface area (Å²) in [6.07, 6.45) is 2.47. The monoisotopic (exact) mass is 292 g/mol. The molecule has 2 rings (SSSR count). The second-order valence-corrected chi connectivity index (χ2v) is 4.62. The second kappa shape index (κ2) is 7.12. The molecular formula is C15H17ClN2O2. The molecule has 0 radical (unpaired) electrons. The molecule has 106 valence electrons. The van der Waals surface area contributed by atoms with Crippen LogP contribution in [0.5, 0.6) is 17.4 Å². The molecule has 0 fully saturated rings. The predicted molar refractivity (Wildman–Crippen MR) is 79.4 cm³/mol. The third-order valence-corrected chi connectivity index (χ3v) is 3.00. The van der Waals surface area contributed by atoms with Crippen LogP contribution < -0.4 is 15.2 Å². The maximum absolute atomic E-state index is 5.98. The number of nitrogens with two attached hydrogens (primary N) is 1. The Balaban J connectivity index is 2.21. The van der Waals surface area contributed by atoms with E-state index < -0.39 is 0 Å². The van der Waals surface area contributed by atoms with Gasteiger partial charge in [0.25, 0.3) is 0 Å². The van der Waals surface area contributed by atoms with Crippen LogP contribution in [0.2, 0.25) is 5.02 Å². The molecule has 0 spiro atoms. The number of hydrogen-bond acceptors (Lipinski definition) is 4. The predicted octanol–water partition coefficient (Wildman–Crippen LogP) is 3.77. The van der Waals surface area contributed by atoms with Crippen LogP contribution in [0.3, 0.4) is 0 Å². The Labute approximate surface area is 123 Å². The van der Waals surface area contributed by atoms with E-state index in [2.05, 4.69) is 11.9 Å². The Morgan fingerprint density at radius 3 is 2.70 bits per heavy atom. The van der Waals surface area contributed by atoms with Crippen molar-refractivity contribution in [2.75, 3.05) is 6.61 Å². The van der Waals surface area contributed by atoms with Gasteiger partial charge in [-0.15, -0.1) is 0 Å². The van der Waals surface area contributed by atoms with Gasteiger partial charge in [0.2, 0.25) is 5.88 Å². The third-order valence-electron chi connectivity index (χ3n) is 2.65. The first-order chi connectivity index (χ1) is 9.74. The highest BCUT2D eigenvalue weighted by Gasteiger charge is 2.08. The van der Waals surface area contributed by atoms with Crippen LogP contribution in [0.25, 0.3) is 0 Å². The van der Waals surface area contributed by atoms with Crippen LogP contribution in [-0.4, -0.2) is 11.6 Å². The number of pyridine rings is 1. The van der Waals surface area contributed by atoms with E-state index in [4.69, 9.17) is 26.8 Å². The van der Waals surface area contributed by atoms with Gasteiger partial charge in [-0.25, -0.2) is 4.98 Å². The van der Waals surface area contributed by atoms with Gasteiger partial charge < -0.3 is 15.2 Å². The van der Waals surface area contributed by atoms with E-state index in [0.29, 0.717) is 35.6 Å². The average Bonchev–Trinajstić information content (AvgIpc) is 2.48. The van der Waals surface area contributed by atoms with E-state index in [1.165, 1.54) is 6.20 Å². The lowest BCUT2D eigenvalue weighted by Crippen LogP contribution is -2.00. The van der Waals surface area contributed by atoms with Gasteiger partial charge in [-0.3, -0.25) is 0 Å². The number of aromatic nitrogens is 1. The summed E-state index contributed by atoms with van der Waals surface area (Å²) in [5.41, 5.74) is 6.41. The molecule has 0 bridgehead atoms. The minimum atomic E-state index is 0.339. The average molecular weight is 293 g/mol. The van der Waals surface area contributed by atoms with Crippen LogP contribution in [0.1, 0.15) is 18.9 Å². The largest absolute Gasteiger partial charge is 0.490 e. The van der Waals surface area contributed by atoms with E-state index in [1.54, 1.807) is 6.07 Å². The molecule has 0 aliphatic rings. The van der Waals surface area contributed by atoms with Crippen molar-refractivity contribution < 1.29 is 9.47 Å². The van der Waals surface area contributed by atoms with E-state index in [0.717, 1.165) is 12.0 Å². The summed E-state index contributed by atoms with van der Waals surface area (Å²) in [5, 5.41) is 0.537. The first kappa shape index (κ1) is 14.6. The highest BCUT2D eigenvalue weighted by molar-refractivity contribution is 6.31. The standard InChI is InChI=1S/C15H17ClN2O2/c1-2-7-19-13-5-3-4-6-14(13)20-15-8-11(9-17)12(16)10-18-15/h3-6,8,10H,2,7,9,17H2,1H3. The molecule has 1 heterocycles. The van der Waals surface area contributed by atoms with Crippen molar-refractivity contribution in [3.63, 3.8) is 0 Å². The second-order valence-electron chi connectivity index (χ2n) is 4.22. The normalized spacial score (nSPS) is 10.3. The van der Waals surface area contributed by atoms with Gasteiger partial charge in [-0.2, -0.15) is 0 Å². The lowest BCUT2D eigenvalue weighted by Gasteiger charge is -2.12. The molecule has 2 N–H and O–H groups in total. The summed E-state index contributed by atoms with van der Waals surface area (Å²) in [7, 11) is 0. The van der Waals surface area contributed by atoms with Gasteiger partial charge in [0.15, 0.2) is 11.5 Å². The van der Waals surface area contributed by atoms with Gasteiger partial charge in [0.05, 0.1) is 11.6 Å². The number of halogens is 1. The molecule has 0 amide bonds. The zero-order valence-electron chi connectivity index (χ0n) is 11.3. The summed E-state index contributed by atoms with van der Waals surface area (Å²) < 4.78 is 11.4. The molecule has 0 aliphatic carbocycles. The van der Waals surface area contributed by atoms with E-state index >= 15 is 0 Å². The van der Waals surface area contributed by atoms with Crippen LogP contribution in [0.15, 0.2) is 36.5 Å². The molecule has 5 heteroatoms. The van der Waals surface area contributed by atoms with Crippen molar-refractivity contribution in [2.45, 2.75) is 19.9 Å². The van der Waals surface area contributed by atoms with Crippen molar-refractivity contribution in [3.05, 3.63) is 47.1 Å². The van der Waals surface area contributed by atoms with Gasteiger partial charge in [-0.1, -0.05) is 30.7 Å². The quantitative estimate of drug-likeness (QED) is 0.880. The molecule has 1 aromatic heterocycles. The molecule has 0 saturated carbocycles. The van der Waals surface area contributed by atoms with Gasteiger partial charge >= 0.3 is 0 Å². The summed E-state index contributed by atoms with van der Waals surface area (Å²) in [5.74, 6) is 1.77. The lowest BCUT2D eigenvalue weighted by molar-refractivity contribution is 0.300. The highest BCUT2D eigenvalue weighted by Crippen LogP contribution is 2.31. The van der Waals surface area contributed by atoms with Crippen molar-refractivity contribution in [3.8, 4) is 17.4 Å². The van der Waals surface area contributed by atoms with Crippen molar-refractivity contribution in [1.82, 2.24) is 4.98 Å². The summed E-state index contributed by atoms with van der Waals surface area (Å²) in [4.78, 5) is 4.14. The molecule has 0 unspecified atom stereocenters. The lowest BCUT2D eigenvalue weighted by atomic mass is 10.2. The maximum Gasteiger partial charge on any atom is 0.219 e. The summed E-state index contributed by atoms with van der Waals surface area (Å²) in [6.45, 7) is 3.03. The minimum absolute atomic E-state index is 0.339. The van der Waals surface area contributed by atoms with Gasteiger partial charge in [0.1, 0.15) is 0 Å². The van der Waals surface area contributed by atoms with Crippen molar-refractivity contribution in [2.24, 2.45) is 5.73 Å². The summed E-state index contributed by atoms with van der Waals surface area (Å²) >= 11 is 5.98. The van der Waals surface area contributed by atoms with Crippen molar-refractivity contribution >= 4 is 11.6 Å². The molecule has 0 saturated heterocycles. The Kier molecular flexibility index (Phi) is 5.21. The Bertz CT molecular complexity index is 576. The number of nitrogens with zero attached hydrogens (tertiary/aromatic N) is 1. The maximum atomic E-state index is 5.98. The van der Waals surface area contributed by atoms with E-state index in [1.807, 2.05) is 24.3 Å². The Morgan fingerprint density at radius 1 is 1.25 bits per heavy atom. The van der Waals surface area contributed by atoms with E-state index in [-0.39, 0.29) is 0 Å². The zero-order chi connectivity index (χ0) is 14.4. The highest BCUT2D eigenvalue weighted by atomic mass is 35.5. The first-order valence-corrected chi connectivity index (χ1v) is 6.86. The third kappa shape index (κ3) is 3.62. The Hall–Kier alpha value is -1.78. The van der Waals surface area contributed by atoms with Crippen molar-refractivity contribution in [1.29, 1.82) is 0 Å². The van der Waals surface area contributed by atoms with Crippen LogP contribution in [0, 0.1) is 0 Å². The van der Waals surface area contributed by atoms with Gasteiger partial charge in [0, 0.05) is 18.8 Å². The number of para-hydroxylation sites is 2. The summed E-state index contributed by atoms with van der Waals surface area (Å²) in [6, 6.07) is 9.22. The topological polar surface area (TPSA) is 57.4 Å². The molecule has 0 atom stereocenters. The number of rotatable bonds is 6. The molecule has 1 aromatic carbocycles. The molecular weight excluding hydrogens is 276 g/mol.